The number of aryl methyl sites for hydroxylation is 1. The first-order chi connectivity index (χ1) is 18.0. The lowest BCUT2D eigenvalue weighted by Crippen LogP contribution is -2.33. The van der Waals surface area contributed by atoms with Gasteiger partial charge in [-0.2, -0.15) is 19.9 Å². The second-order valence-corrected chi connectivity index (χ2v) is 9.24. The van der Waals surface area contributed by atoms with Crippen LogP contribution in [0, 0.1) is 0 Å². The van der Waals surface area contributed by atoms with Crippen LogP contribution in [-0.2, 0) is 25.3 Å². The van der Waals surface area contributed by atoms with Crippen molar-refractivity contribution < 1.29 is 8.78 Å². The molecule has 0 saturated carbocycles. The number of aromatic nitrogens is 3. The van der Waals surface area contributed by atoms with E-state index in [1.807, 2.05) is 30.3 Å². The minimum absolute atomic E-state index is 0.0804. The molecule has 2 heterocycles. The monoisotopic (exact) mass is 503 g/mol. The van der Waals surface area contributed by atoms with Gasteiger partial charge in [-0.15, -0.1) is 5.10 Å². The van der Waals surface area contributed by atoms with Crippen molar-refractivity contribution in [2.75, 3.05) is 0 Å². The summed E-state index contributed by atoms with van der Waals surface area (Å²) in [7, 11) is 0. The van der Waals surface area contributed by atoms with Gasteiger partial charge >= 0.3 is 5.92 Å². The average molecular weight is 504 g/mol. The normalized spacial score (nSPS) is 14.4. The van der Waals surface area contributed by atoms with Gasteiger partial charge in [-0.05, 0) is 34.2 Å². The van der Waals surface area contributed by atoms with Gasteiger partial charge in [0.05, 0.1) is 6.54 Å². The highest BCUT2D eigenvalue weighted by Gasteiger charge is 2.37. The summed E-state index contributed by atoms with van der Waals surface area (Å²) in [5.41, 5.74) is 16.7. The Kier molecular flexibility index (Phi) is 7.66. The molecule has 3 aromatic carbocycles. The number of hydrazine groups is 3. The molecule has 7 nitrogen and oxygen atoms in total. The van der Waals surface area contributed by atoms with Gasteiger partial charge in [0.2, 0.25) is 5.82 Å². The molecule has 4 aromatic rings. The Morgan fingerprint density at radius 3 is 2.30 bits per heavy atom. The highest BCUT2D eigenvalue weighted by Crippen LogP contribution is 2.31. The van der Waals surface area contributed by atoms with Crippen LogP contribution in [0.1, 0.15) is 54.3 Å². The lowest BCUT2D eigenvalue weighted by molar-refractivity contribution is -0.0133. The Morgan fingerprint density at radius 1 is 0.865 bits per heavy atom. The fourth-order valence-electron chi connectivity index (χ4n) is 4.49. The zero-order valence-electron chi connectivity index (χ0n) is 20.7. The summed E-state index contributed by atoms with van der Waals surface area (Å²) in [5, 5.41) is 4.30. The van der Waals surface area contributed by atoms with Crippen LogP contribution in [0.2, 0.25) is 0 Å². The Balaban J connectivity index is 1.37. The molecule has 1 aliphatic heterocycles. The highest BCUT2D eigenvalue weighted by atomic mass is 19.3. The molecule has 0 bridgehead atoms. The molecule has 0 amide bonds. The van der Waals surface area contributed by atoms with E-state index in [2.05, 4.69) is 63.2 Å². The molecule has 5 rings (SSSR count). The number of halogens is 2. The van der Waals surface area contributed by atoms with Crippen LogP contribution in [0.25, 0.3) is 11.1 Å². The van der Waals surface area contributed by atoms with E-state index in [-0.39, 0.29) is 6.17 Å². The van der Waals surface area contributed by atoms with Crippen LogP contribution in [0.3, 0.4) is 0 Å². The van der Waals surface area contributed by atoms with Gasteiger partial charge in [0, 0.05) is 12.8 Å². The first-order valence-electron chi connectivity index (χ1n) is 12.6. The maximum Gasteiger partial charge on any atom is 0.312 e. The van der Waals surface area contributed by atoms with Gasteiger partial charge < -0.3 is 0 Å². The van der Waals surface area contributed by atoms with Crippen molar-refractivity contribution in [1.82, 2.24) is 36.7 Å². The SMILES string of the molecule is CCCCc1nc(C(F)(F)Cc2ccccc2)nn1Cc1ccc(-c2ccccc2C2NNNN2)cc1. The number of hydrogen-bond donors (Lipinski definition) is 4. The summed E-state index contributed by atoms with van der Waals surface area (Å²) in [5.74, 6) is -2.96. The molecular formula is C28H31F2N7. The first-order valence-corrected chi connectivity index (χ1v) is 12.6. The number of nitrogens with zero attached hydrogens (tertiary/aromatic N) is 3. The second kappa shape index (κ2) is 11.3. The maximum atomic E-state index is 15.1. The third-order valence-corrected chi connectivity index (χ3v) is 6.46. The quantitative estimate of drug-likeness (QED) is 0.249. The molecule has 1 aromatic heterocycles. The molecule has 37 heavy (non-hydrogen) atoms. The minimum Gasteiger partial charge on any atom is -0.245 e. The number of nitrogens with one attached hydrogen (secondary N) is 4. The van der Waals surface area contributed by atoms with Crippen LogP contribution < -0.4 is 21.9 Å². The Morgan fingerprint density at radius 2 is 1.57 bits per heavy atom. The van der Waals surface area contributed by atoms with Gasteiger partial charge in [0.1, 0.15) is 12.0 Å². The lowest BCUT2D eigenvalue weighted by atomic mass is 9.97. The first kappa shape index (κ1) is 25.2. The van der Waals surface area contributed by atoms with Crippen molar-refractivity contribution in [2.45, 2.75) is 51.2 Å². The zero-order chi connectivity index (χ0) is 25.7. The number of unbranched alkanes of at least 4 members (excludes halogenated alkanes) is 1. The molecule has 192 valence electrons. The van der Waals surface area contributed by atoms with E-state index in [1.165, 1.54) is 0 Å². The highest BCUT2D eigenvalue weighted by molar-refractivity contribution is 5.68. The Hall–Kier alpha value is -3.50. The molecule has 0 atom stereocenters. The smallest absolute Gasteiger partial charge is 0.245 e. The fraction of sp³-hybridized carbons (Fsp3) is 0.286. The predicted octanol–water partition coefficient (Wildman–Crippen LogP) is 4.79. The van der Waals surface area contributed by atoms with E-state index in [0.29, 0.717) is 24.4 Å². The molecule has 0 radical (unpaired) electrons. The van der Waals surface area contributed by atoms with Crippen LogP contribution in [0.15, 0.2) is 78.9 Å². The second-order valence-electron chi connectivity index (χ2n) is 9.24. The summed E-state index contributed by atoms with van der Waals surface area (Å²) >= 11 is 0. The van der Waals surface area contributed by atoms with Crippen LogP contribution in [0.4, 0.5) is 8.78 Å². The molecule has 1 fully saturated rings. The molecule has 4 N–H and O–H groups in total. The number of hydrogen-bond acceptors (Lipinski definition) is 6. The van der Waals surface area contributed by atoms with E-state index in [1.54, 1.807) is 28.9 Å². The largest absolute Gasteiger partial charge is 0.312 e. The van der Waals surface area contributed by atoms with Crippen molar-refractivity contribution in [3.8, 4) is 11.1 Å². The van der Waals surface area contributed by atoms with E-state index in [9.17, 15) is 0 Å². The van der Waals surface area contributed by atoms with Crippen LogP contribution in [0.5, 0.6) is 0 Å². The summed E-state index contributed by atoms with van der Waals surface area (Å²) in [4.78, 5) is 4.31. The maximum absolute atomic E-state index is 15.1. The molecular weight excluding hydrogens is 472 g/mol. The van der Waals surface area contributed by atoms with Crippen molar-refractivity contribution in [2.24, 2.45) is 0 Å². The van der Waals surface area contributed by atoms with Crippen LogP contribution in [-0.4, -0.2) is 14.8 Å². The molecule has 1 aliphatic rings. The standard InChI is InChI=1S/C28H31F2N7/c1-2-3-13-25-31-27(28(29,30)18-20-9-5-4-6-10-20)34-37(25)19-21-14-16-22(17-15-21)23-11-7-8-12-24(23)26-32-35-36-33-26/h4-12,14-17,26,32-33,35-36H,2-3,13,18-19H2,1H3. The van der Waals surface area contributed by atoms with Gasteiger partial charge in [-0.1, -0.05) is 92.2 Å². The molecule has 1 saturated heterocycles. The number of rotatable bonds is 10. The molecule has 0 aliphatic carbocycles. The predicted molar refractivity (Wildman–Crippen MR) is 139 cm³/mol. The summed E-state index contributed by atoms with van der Waals surface area (Å²) in [6.45, 7) is 2.46. The Bertz CT molecular complexity index is 1300. The minimum atomic E-state index is -3.15. The molecule has 0 unspecified atom stereocenters. The third-order valence-electron chi connectivity index (χ3n) is 6.46. The zero-order valence-corrected chi connectivity index (χ0v) is 20.7. The summed E-state index contributed by atoms with van der Waals surface area (Å²) < 4.78 is 31.9. The van der Waals surface area contributed by atoms with Gasteiger partial charge in [0.25, 0.3) is 0 Å². The average Bonchev–Trinajstić information content (AvgIpc) is 3.59. The van der Waals surface area contributed by atoms with E-state index >= 15 is 8.78 Å². The van der Waals surface area contributed by atoms with E-state index in [4.69, 9.17) is 0 Å². The van der Waals surface area contributed by atoms with Crippen LogP contribution >= 0.6 is 0 Å². The van der Waals surface area contributed by atoms with Gasteiger partial charge in [-0.3, -0.25) is 0 Å². The summed E-state index contributed by atoms with van der Waals surface area (Å²) in [6.07, 6.45) is 1.93. The summed E-state index contributed by atoms with van der Waals surface area (Å²) in [6, 6.07) is 25.0. The van der Waals surface area contributed by atoms with Crippen molar-refractivity contribution >= 4 is 0 Å². The lowest BCUT2D eigenvalue weighted by Gasteiger charge is -2.15. The Labute approximate surface area is 215 Å². The molecule has 0 spiro atoms. The van der Waals surface area contributed by atoms with E-state index in [0.717, 1.165) is 35.1 Å². The van der Waals surface area contributed by atoms with Crippen molar-refractivity contribution in [3.63, 3.8) is 0 Å². The fourth-order valence-corrected chi connectivity index (χ4v) is 4.49. The van der Waals surface area contributed by atoms with Crippen molar-refractivity contribution in [3.05, 3.63) is 107 Å². The van der Waals surface area contributed by atoms with Gasteiger partial charge in [-0.25, -0.2) is 20.5 Å². The van der Waals surface area contributed by atoms with Crippen molar-refractivity contribution in [1.29, 1.82) is 0 Å². The van der Waals surface area contributed by atoms with E-state index < -0.39 is 18.2 Å². The number of alkyl halides is 2. The topological polar surface area (TPSA) is 78.8 Å². The molecule has 9 heteroatoms. The third kappa shape index (κ3) is 5.91. The van der Waals surface area contributed by atoms with Gasteiger partial charge in [0.15, 0.2) is 0 Å². The number of benzene rings is 3.